The maximum absolute atomic E-state index is 10.3. The lowest BCUT2D eigenvalue weighted by Crippen LogP contribution is -1.88. The minimum Gasteiger partial charge on any atom is -0.384 e. The van der Waals surface area contributed by atoms with Gasteiger partial charge in [-0.2, -0.15) is 0 Å². The lowest BCUT2D eigenvalue weighted by atomic mass is 10.2. The van der Waals surface area contributed by atoms with Crippen molar-refractivity contribution in [2.75, 3.05) is 6.61 Å². The van der Waals surface area contributed by atoms with Crippen molar-refractivity contribution in [3.8, 4) is 11.8 Å². The molecule has 5 heteroatoms. The number of benzene rings is 1. The van der Waals surface area contributed by atoms with E-state index in [1.807, 2.05) is 0 Å². The zero-order valence-electron chi connectivity index (χ0n) is 7.03. The largest absolute Gasteiger partial charge is 0.384 e. The Labute approximate surface area is 85.3 Å². The van der Waals surface area contributed by atoms with Gasteiger partial charge < -0.3 is 5.11 Å². The van der Waals surface area contributed by atoms with E-state index in [9.17, 15) is 10.1 Å². The number of non-ortho nitro benzene ring substituents is 1. The van der Waals surface area contributed by atoms with Gasteiger partial charge in [0, 0.05) is 17.7 Å². The second-order valence-electron chi connectivity index (χ2n) is 2.38. The first-order valence-electron chi connectivity index (χ1n) is 3.69. The van der Waals surface area contributed by atoms with Crippen LogP contribution in [0, 0.1) is 22.0 Å². The normalized spacial score (nSPS) is 9.00. The molecular weight excluding hydrogens is 206 g/mol. The van der Waals surface area contributed by atoms with Crippen LogP contribution in [-0.2, 0) is 0 Å². The molecule has 0 radical (unpaired) electrons. The van der Waals surface area contributed by atoms with E-state index in [-0.39, 0.29) is 17.3 Å². The number of hydrogen-bond donors (Lipinski definition) is 1. The number of aliphatic hydroxyl groups is 1. The van der Waals surface area contributed by atoms with E-state index in [4.69, 9.17) is 16.7 Å². The van der Waals surface area contributed by atoms with Crippen molar-refractivity contribution in [1.82, 2.24) is 0 Å². The van der Waals surface area contributed by atoms with Gasteiger partial charge in [0.2, 0.25) is 0 Å². The van der Waals surface area contributed by atoms with Crippen molar-refractivity contribution >= 4 is 17.3 Å². The summed E-state index contributed by atoms with van der Waals surface area (Å²) in [5.74, 6) is 4.98. The van der Waals surface area contributed by atoms with Crippen molar-refractivity contribution in [2.45, 2.75) is 0 Å². The lowest BCUT2D eigenvalue weighted by molar-refractivity contribution is -0.384. The van der Waals surface area contributed by atoms with Gasteiger partial charge in [-0.05, 0) is 6.07 Å². The average molecular weight is 212 g/mol. The molecular formula is C9H6ClNO3. The van der Waals surface area contributed by atoms with E-state index >= 15 is 0 Å². The summed E-state index contributed by atoms with van der Waals surface area (Å²) in [5.41, 5.74) is 0.385. The number of nitro benzene ring substituents is 1. The van der Waals surface area contributed by atoms with Crippen LogP contribution in [0.2, 0.25) is 5.02 Å². The molecule has 0 saturated carbocycles. The average Bonchev–Trinajstić information content (AvgIpc) is 2.15. The summed E-state index contributed by atoms with van der Waals surface area (Å²) in [7, 11) is 0. The van der Waals surface area contributed by atoms with E-state index in [1.54, 1.807) is 0 Å². The Hall–Kier alpha value is -1.57. The molecule has 0 atom stereocenters. The molecule has 0 aliphatic carbocycles. The molecule has 0 aliphatic heterocycles. The van der Waals surface area contributed by atoms with E-state index in [0.717, 1.165) is 0 Å². The predicted octanol–water partition coefficient (Wildman–Crippen LogP) is 1.59. The minimum atomic E-state index is -0.533. The first-order valence-corrected chi connectivity index (χ1v) is 4.06. The van der Waals surface area contributed by atoms with Crippen molar-refractivity contribution in [3.05, 3.63) is 38.9 Å². The molecule has 1 aromatic rings. The van der Waals surface area contributed by atoms with Gasteiger partial charge in [0.25, 0.3) is 5.69 Å². The van der Waals surface area contributed by atoms with Crippen LogP contribution in [0.3, 0.4) is 0 Å². The molecule has 1 rings (SSSR count). The van der Waals surface area contributed by atoms with E-state index in [1.165, 1.54) is 18.2 Å². The molecule has 1 N–H and O–H groups in total. The molecule has 0 amide bonds. The number of nitrogens with zero attached hydrogens (tertiary/aromatic N) is 1. The van der Waals surface area contributed by atoms with Crippen LogP contribution >= 0.6 is 11.6 Å². The summed E-state index contributed by atoms with van der Waals surface area (Å²) in [4.78, 5) is 9.82. The van der Waals surface area contributed by atoms with Gasteiger partial charge in [0.15, 0.2) is 0 Å². The number of halogens is 1. The van der Waals surface area contributed by atoms with Crippen molar-refractivity contribution < 1.29 is 10.0 Å². The van der Waals surface area contributed by atoms with Gasteiger partial charge in [-0.1, -0.05) is 23.4 Å². The van der Waals surface area contributed by atoms with Crippen molar-refractivity contribution in [3.63, 3.8) is 0 Å². The lowest BCUT2D eigenvalue weighted by Gasteiger charge is -1.95. The summed E-state index contributed by atoms with van der Waals surface area (Å²) in [6.07, 6.45) is 0. The molecule has 0 aliphatic rings. The number of nitro groups is 1. The highest BCUT2D eigenvalue weighted by Crippen LogP contribution is 2.21. The molecule has 0 spiro atoms. The zero-order chi connectivity index (χ0) is 10.6. The van der Waals surface area contributed by atoms with Crippen molar-refractivity contribution in [2.24, 2.45) is 0 Å². The minimum absolute atomic E-state index is 0.0791. The molecule has 0 bridgehead atoms. The Morgan fingerprint density at radius 2 is 2.29 bits per heavy atom. The van der Waals surface area contributed by atoms with Gasteiger partial charge >= 0.3 is 0 Å². The predicted molar refractivity (Wildman–Crippen MR) is 52.1 cm³/mol. The van der Waals surface area contributed by atoms with Crippen LogP contribution in [0.15, 0.2) is 18.2 Å². The van der Waals surface area contributed by atoms with Crippen LogP contribution in [-0.4, -0.2) is 16.6 Å². The molecule has 0 fully saturated rings. The Kier molecular flexibility index (Phi) is 3.46. The fraction of sp³-hybridized carbons (Fsp3) is 0.111. The SMILES string of the molecule is O=[N+]([O-])c1ccc(C#CCO)c(Cl)c1. The molecule has 14 heavy (non-hydrogen) atoms. The fourth-order valence-corrected chi connectivity index (χ4v) is 1.08. The van der Waals surface area contributed by atoms with Crippen LogP contribution in [0.5, 0.6) is 0 Å². The summed E-state index contributed by atoms with van der Waals surface area (Å²) in [6, 6.07) is 3.99. The molecule has 0 saturated heterocycles. The first-order chi connectivity index (χ1) is 6.65. The topological polar surface area (TPSA) is 63.4 Å². The maximum Gasteiger partial charge on any atom is 0.271 e. The Morgan fingerprint density at radius 3 is 2.79 bits per heavy atom. The zero-order valence-corrected chi connectivity index (χ0v) is 7.78. The van der Waals surface area contributed by atoms with Crippen LogP contribution in [0.4, 0.5) is 5.69 Å². The third-order valence-electron chi connectivity index (χ3n) is 1.47. The van der Waals surface area contributed by atoms with E-state index < -0.39 is 4.92 Å². The fourth-order valence-electron chi connectivity index (χ4n) is 0.854. The molecule has 0 aromatic heterocycles. The Bertz CT molecular complexity index is 420. The third-order valence-corrected chi connectivity index (χ3v) is 1.78. The van der Waals surface area contributed by atoms with Gasteiger partial charge in [0.05, 0.1) is 9.95 Å². The standard InChI is InChI=1S/C9H6ClNO3/c10-9-6-8(11(13)14)4-3-7(9)2-1-5-12/h3-4,6,12H,5H2. The highest BCUT2D eigenvalue weighted by Gasteiger charge is 2.07. The summed E-state index contributed by atoms with van der Waals surface area (Å²) in [5, 5.41) is 19.0. The summed E-state index contributed by atoms with van der Waals surface area (Å²) >= 11 is 5.72. The molecule has 1 aromatic carbocycles. The highest BCUT2D eigenvalue weighted by molar-refractivity contribution is 6.32. The molecule has 72 valence electrons. The molecule has 0 heterocycles. The maximum atomic E-state index is 10.3. The van der Waals surface area contributed by atoms with Gasteiger partial charge in [0.1, 0.15) is 6.61 Å². The Balaban J connectivity index is 3.07. The molecule has 0 unspecified atom stereocenters. The summed E-state index contributed by atoms with van der Waals surface area (Å²) < 4.78 is 0. The molecule has 4 nitrogen and oxygen atoms in total. The smallest absolute Gasteiger partial charge is 0.271 e. The van der Waals surface area contributed by atoms with Crippen LogP contribution in [0.1, 0.15) is 5.56 Å². The van der Waals surface area contributed by atoms with Crippen molar-refractivity contribution in [1.29, 1.82) is 0 Å². The second-order valence-corrected chi connectivity index (χ2v) is 2.79. The quantitative estimate of drug-likeness (QED) is 0.436. The Morgan fingerprint density at radius 1 is 1.57 bits per heavy atom. The number of hydrogen-bond acceptors (Lipinski definition) is 3. The van der Waals surface area contributed by atoms with Gasteiger partial charge in [-0.25, -0.2) is 0 Å². The monoisotopic (exact) mass is 211 g/mol. The van der Waals surface area contributed by atoms with E-state index in [2.05, 4.69) is 11.8 Å². The third kappa shape index (κ3) is 2.46. The van der Waals surface area contributed by atoms with Gasteiger partial charge in [-0.3, -0.25) is 10.1 Å². The number of aliphatic hydroxyl groups excluding tert-OH is 1. The highest BCUT2D eigenvalue weighted by atomic mass is 35.5. The number of rotatable bonds is 1. The van der Waals surface area contributed by atoms with Crippen LogP contribution < -0.4 is 0 Å². The first kappa shape index (κ1) is 10.5. The second kappa shape index (κ2) is 4.61. The van der Waals surface area contributed by atoms with Gasteiger partial charge in [-0.15, -0.1) is 0 Å². The van der Waals surface area contributed by atoms with Crippen LogP contribution in [0.25, 0.3) is 0 Å². The summed E-state index contributed by atoms with van der Waals surface area (Å²) in [6.45, 7) is -0.271. The van der Waals surface area contributed by atoms with E-state index in [0.29, 0.717) is 5.56 Å².